The van der Waals surface area contributed by atoms with Crippen molar-refractivity contribution in [2.75, 3.05) is 7.05 Å². The van der Waals surface area contributed by atoms with Gasteiger partial charge < -0.3 is 5.32 Å². The lowest BCUT2D eigenvalue weighted by atomic mass is 9.91. The van der Waals surface area contributed by atoms with E-state index in [1.165, 1.54) is 37.8 Å². The molecule has 1 heterocycles. The smallest absolute Gasteiger partial charge is 0.0795 e. The highest BCUT2D eigenvalue weighted by Gasteiger charge is 2.16. The summed E-state index contributed by atoms with van der Waals surface area (Å²) in [5, 5.41) is 5.55. The Morgan fingerprint density at radius 2 is 2.25 bits per heavy atom. The van der Waals surface area contributed by atoms with E-state index in [0.29, 0.717) is 6.04 Å². The zero-order valence-electron chi connectivity index (χ0n) is 10.7. The SMILES string of the molecule is CCCCC(CC)CC(NC)c1cscn1. The summed E-state index contributed by atoms with van der Waals surface area (Å²) in [6.07, 6.45) is 6.51. The van der Waals surface area contributed by atoms with Gasteiger partial charge in [-0.25, -0.2) is 4.98 Å². The van der Waals surface area contributed by atoms with Crippen LogP contribution in [0.2, 0.25) is 0 Å². The predicted molar refractivity (Wildman–Crippen MR) is 71.8 cm³/mol. The maximum Gasteiger partial charge on any atom is 0.0795 e. The summed E-state index contributed by atoms with van der Waals surface area (Å²) in [5.41, 5.74) is 3.13. The second-order valence-corrected chi connectivity index (χ2v) is 5.13. The van der Waals surface area contributed by atoms with Crippen molar-refractivity contribution in [3.05, 3.63) is 16.6 Å². The van der Waals surface area contributed by atoms with Gasteiger partial charge in [-0.3, -0.25) is 0 Å². The Balaban J connectivity index is 2.47. The number of nitrogens with zero attached hydrogens (tertiary/aromatic N) is 1. The van der Waals surface area contributed by atoms with Crippen molar-refractivity contribution in [1.82, 2.24) is 10.3 Å². The molecule has 2 unspecified atom stereocenters. The first-order valence-corrected chi connectivity index (χ1v) is 7.31. The van der Waals surface area contributed by atoms with E-state index in [0.717, 1.165) is 5.92 Å². The van der Waals surface area contributed by atoms with Gasteiger partial charge in [0.05, 0.1) is 17.2 Å². The Bertz CT molecular complexity index is 259. The van der Waals surface area contributed by atoms with E-state index in [1.54, 1.807) is 11.3 Å². The highest BCUT2D eigenvalue weighted by Crippen LogP contribution is 2.26. The van der Waals surface area contributed by atoms with Crippen LogP contribution in [-0.4, -0.2) is 12.0 Å². The van der Waals surface area contributed by atoms with Crippen LogP contribution in [0.3, 0.4) is 0 Å². The van der Waals surface area contributed by atoms with Gasteiger partial charge in [0, 0.05) is 5.38 Å². The lowest BCUT2D eigenvalue weighted by molar-refractivity contribution is 0.362. The summed E-state index contributed by atoms with van der Waals surface area (Å²) in [6, 6.07) is 0.438. The summed E-state index contributed by atoms with van der Waals surface area (Å²) in [6.45, 7) is 4.57. The highest BCUT2D eigenvalue weighted by molar-refractivity contribution is 7.07. The largest absolute Gasteiger partial charge is 0.312 e. The molecule has 16 heavy (non-hydrogen) atoms. The van der Waals surface area contributed by atoms with Crippen molar-refractivity contribution < 1.29 is 0 Å². The van der Waals surface area contributed by atoms with E-state index in [4.69, 9.17) is 0 Å². The Morgan fingerprint density at radius 1 is 1.44 bits per heavy atom. The normalized spacial score (nSPS) is 14.9. The molecule has 0 spiro atoms. The molecule has 0 aliphatic carbocycles. The highest BCUT2D eigenvalue weighted by atomic mass is 32.1. The molecule has 0 aliphatic heterocycles. The molecule has 92 valence electrons. The third-order valence-corrected chi connectivity index (χ3v) is 3.87. The van der Waals surface area contributed by atoms with Crippen LogP contribution >= 0.6 is 11.3 Å². The number of rotatable bonds is 8. The molecule has 1 aromatic heterocycles. The topological polar surface area (TPSA) is 24.9 Å². The Morgan fingerprint density at radius 3 is 2.75 bits per heavy atom. The minimum Gasteiger partial charge on any atom is -0.312 e. The molecule has 0 radical (unpaired) electrons. The minimum atomic E-state index is 0.438. The molecule has 1 N–H and O–H groups in total. The van der Waals surface area contributed by atoms with Crippen LogP contribution in [0, 0.1) is 5.92 Å². The van der Waals surface area contributed by atoms with Crippen LogP contribution in [0.1, 0.15) is 57.7 Å². The third-order valence-electron chi connectivity index (χ3n) is 3.27. The molecular formula is C13H24N2S. The van der Waals surface area contributed by atoms with E-state index in [1.807, 2.05) is 12.6 Å². The molecule has 1 rings (SSSR count). The lowest BCUT2D eigenvalue weighted by Crippen LogP contribution is -2.20. The van der Waals surface area contributed by atoms with Crippen molar-refractivity contribution in [3.63, 3.8) is 0 Å². The molecule has 0 aromatic carbocycles. The summed E-state index contributed by atoms with van der Waals surface area (Å²) in [4.78, 5) is 4.41. The molecule has 1 aromatic rings. The molecule has 2 nitrogen and oxygen atoms in total. The van der Waals surface area contributed by atoms with E-state index in [2.05, 4.69) is 29.5 Å². The van der Waals surface area contributed by atoms with E-state index >= 15 is 0 Å². The standard InChI is InChI=1S/C13H24N2S/c1-4-6-7-11(5-2)8-12(14-3)13-9-16-10-15-13/h9-12,14H,4-8H2,1-3H3. The first kappa shape index (κ1) is 13.7. The first-order valence-electron chi connectivity index (χ1n) is 6.37. The second kappa shape index (κ2) is 7.80. The number of hydrogen-bond acceptors (Lipinski definition) is 3. The lowest BCUT2D eigenvalue weighted by Gasteiger charge is -2.21. The zero-order valence-corrected chi connectivity index (χ0v) is 11.5. The van der Waals surface area contributed by atoms with Gasteiger partial charge >= 0.3 is 0 Å². The van der Waals surface area contributed by atoms with Crippen LogP contribution in [-0.2, 0) is 0 Å². The summed E-state index contributed by atoms with van der Waals surface area (Å²) < 4.78 is 0. The molecule has 0 fully saturated rings. The van der Waals surface area contributed by atoms with Crippen molar-refractivity contribution in [2.24, 2.45) is 5.92 Å². The van der Waals surface area contributed by atoms with Crippen LogP contribution in [0.15, 0.2) is 10.9 Å². The summed E-state index contributed by atoms with van der Waals surface area (Å²) in [5.74, 6) is 0.832. The quantitative estimate of drug-likeness (QED) is 0.742. The molecule has 0 aliphatic rings. The number of unbranched alkanes of at least 4 members (excludes halogenated alkanes) is 1. The van der Waals surface area contributed by atoms with Crippen LogP contribution < -0.4 is 5.32 Å². The monoisotopic (exact) mass is 240 g/mol. The molecule has 2 atom stereocenters. The maximum absolute atomic E-state index is 4.41. The summed E-state index contributed by atoms with van der Waals surface area (Å²) in [7, 11) is 2.04. The van der Waals surface area contributed by atoms with Gasteiger partial charge in [-0.2, -0.15) is 0 Å². The fourth-order valence-electron chi connectivity index (χ4n) is 2.10. The number of thiazole rings is 1. The molecule has 0 saturated heterocycles. The average Bonchev–Trinajstić information content (AvgIpc) is 2.83. The average molecular weight is 240 g/mol. The van der Waals surface area contributed by atoms with E-state index < -0.39 is 0 Å². The number of nitrogens with one attached hydrogen (secondary N) is 1. The Kier molecular flexibility index (Phi) is 6.65. The van der Waals surface area contributed by atoms with E-state index in [-0.39, 0.29) is 0 Å². The maximum atomic E-state index is 4.41. The van der Waals surface area contributed by atoms with E-state index in [9.17, 15) is 0 Å². The first-order chi connectivity index (χ1) is 7.81. The summed E-state index contributed by atoms with van der Waals surface area (Å²) >= 11 is 1.68. The van der Waals surface area contributed by atoms with Crippen LogP contribution in [0.4, 0.5) is 0 Å². The number of aromatic nitrogens is 1. The fourth-order valence-corrected chi connectivity index (χ4v) is 2.70. The van der Waals surface area contributed by atoms with Gasteiger partial charge in [-0.15, -0.1) is 11.3 Å². The Labute approximate surface area is 103 Å². The van der Waals surface area contributed by atoms with Gasteiger partial charge in [-0.05, 0) is 19.4 Å². The fraction of sp³-hybridized carbons (Fsp3) is 0.769. The van der Waals surface area contributed by atoms with Crippen molar-refractivity contribution in [3.8, 4) is 0 Å². The minimum absolute atomic E-state index is 0.438. The Hall–Kier alpha value is -0.410. The van der Waals surface area contributed by atoms with Gasteiger partial charge in [0.1, 0.15) is 0 Å². The zero-order chi connectivity index (χ0) is 11.8. The van der Waals surface area contributed by atoms with Crippen molar-refractivity contribution in [2.45, 2.75) is 52.0 Å². The van der Waals surface area contributed by atoms with Gasteiger partial charge in [-0.1, -0.05) is 39.5 Å². The van der Waals surface area contributed by atoms with Crippen molar-refractivity contribution >= 4 is 11.3 Å². The van der Waals surface area contributed by atoms with Crippen LogP contribution in [0.5, 0.6) is 0 Å². The van der Waals surface area contributed by atoms with Gasteiger partial charge in [0.25, 0.3) is 0 Å². The van der Waals surface area contributed by atoms with Crippen LogP contribution in [0.25, 0.3) is 0 Å². The predicted octanol–water partition coefficient (Wildman–Crippen LogP) is 4.01. The van der Waals surface area contributed by atoms with Crippen molar-refractivity contribution in [1.29, 1.82) is 0 Å². The van der Waals surface area contributed by atoms with Gasteiger partial charge in [0.2, 0.25) is 0 Å². The molecule has 0 amide bonds. The third kappa shape index (κ3) is 4.22. The molecular weight excluding hydrogens is 216 g/mol. The van der Waals surface area contributed by atoms with Gasteiger partial charge in [0.15, 0.2) is 0 Å². The second-order valence-electron chi connectivity index (χ2n) is 4.41. The molecule has 3 heteroatoms. The number of hydrogen-bond donors (Lipinski definition) is 1. The molecule has 0 saturated carbocycles. The molecule has 0 bridgehead atoms.